The first kappa shape index (κ1) is 13.9. The van der Waals surface area contributed by atoms with Crippen LogP contribution in [0.15, 0.2) is 0 Å². The summed E-state index contributed by atoms with van der Waals surface area (Å²) in [5.74, 6) is 0.889. The molecule has 0 amide bonds. The molecule has 0 aromatic rings. The average Bonchev–Trinajstić information content (AvgIpc) is 2.30. The molecule has 2 nitrogen and oxygen atoms in total. The van der Waals surface area contributed by atoms with Gasteiger partial charge in [0.15, 0.2) is 0 Å². The molecule has 1 saturated carbocycles. The summed E-state index contributed by atoms with van der Waals surface area (Å²) in [6.07, 6.45) is 7.77. The van der Waals surface area contributed by atoms with Gasteiger partial charge in [-0.15, -0.1) is 0 Å². The Labute approximate surface area is 106 Å². The molecule has 0 aliphatic heterocycles. The van der Waals surface area contributed by atoms with Crippen molar-refractivity contribution < 1.29 is 0 Å². The van der Waals surface area contributed by atoms with Gasteiger partial charge >= 0.3 is 0 Å². The molecule has 16 heavy (non-hydrogen) atoms. The number of rotatable bonds is 6. The van der Waals surface area contributed by atoms with Crippen molar-refractivity contribution in [1.82, 2.24) is 4.90 Å². The maximum Gasteiger partial charge on any atom is 0.0740 e. The van der Waals surface area contributed by atoms with Gasteiger partial charge in [0.1, 0.15) is 0 Å². The summed E-state index contributed by atoms with van der Waals surface area (Å²) in [7, 11) is 0. The fourth-order valence-electron chi connectivity index (χ4n) is 2.96. The van der Waals surface area contributed by atoms with Gasteiger partial charge in [-0.2, -0.15) is 0 Å². The van der Waals surface area contributed by atoms with E-state index in [1.54, 1.807) is 0 Å². The van der Waals surface area contributed by atoms with Crippen molar-refractivity contribution in [2.24, 2.45) is 11.7 Å². The van der Waals surface area contributed by atoms with Crippen molar-refractivity contribution >= 4 is 17.2 Å². The first-order valence-corrected chi connectivity index (χ1v) is 7.12. The highest BCUT2D eigenvalue weighted by Gasteiger charge is 2.27. The van der Waals surface area contributed by atoms with Crippen LogP contribution in [-0.2, 0) is 0 Å². The minimum absolute atomic E-state index is 0.655. The highest BCUT2D eigenvalue weighted by Crippen LogP contribution is 2.30. The molecule has 1 rings (SSSR count). The highest BCUT2D eigenvalue weighted by atomic mass is 32.1. The Bertz CT molecular complexity index is 218. The van der Waals surface area contributed by atoms with Crippen LogP contribution >= 0.6 is 12.2 Å². The molecular formula is C13H26N2S. The molecule has 1 aliphatic rings. The average molecular weight is 242 g/mol. The zero-order valence-electron chi connectivity index (χ0n) is 10.7. The summed E-state index contributed by atoms with van der Waals surface area (Å²) in [5, 5.41) is 0. The van der Waals surface area contributed by atoms with Crippen molar-refractivity contribution in [3.05, 3.63) is 0 Å². The molecule has 2 N–H and O–H groups in total. The van der Waals surface area contributed by atoms with E-state index < -0.39 is 0 Å². The molecule has 0 heterocycles. The smallest absolute Gasteiger partial charge is 0.0740 e. The Morgan fingerprint density at radius 1 is 1.31 bits per heavy atom. The SMILES string of the molecule is CCC1CCCCC1N(CC)CCC(N)=S. The predicted molar refractivity (Wildman–Crippen MR) is 74.7 cm³/mol. The van der Waals surface area contributed by atoms with E-state index in [2.05, 4.69) is 18.7 Å². The fourth-order valence-corrected chi connectivity index (χ4v) is 3.05. The summed E-state index contributed by atoms with van der Waals surface area (Å²) in [4.78, 5) is 3.24. The first-order valence-electron chi connectivity index (χ1n) is 6.71. The van der Waals surface area contributed by atoms with Crippen LogP contribution in [0.4, 0.5) is 0 Å². The molecule has 0 spiro atoms. The summed E-state index contributed by atoms with van der Waals surface area (Å²) < 4.78 is 0. The van der Waals surface area contributed by atoms with Crippen LogP contribution in [0.25, 0.3) is 0 Å². The largest absolute Gasteiger partial charge is 0.393 e. The van der Waals surface area contributed by atoms with Crippen molar-refractivity contribution in [2.75, 3.05) is 13.1 Å². The summed E-state index contributed by atoms with van der Waals surface area (Å²) >= 11 is 4.97. The minimum Gasteiger partial charge on any atom is -0.393 e. The molecule has 94 valence electrons. The molecule has 1 fully saturated rings. The Kier molecular flexibility index (Phi) is 6.29. The van der Waals surface area contributed by atoms with E-state index in [4.69, 9.17) is 18.0 Å². The Balaban J connectivity index is 2.51. The number of hydrogen-bond acceptors (Lipinski definition) is 2. The fraction of sp³-hybridized carbons (Fsp3) is 0.923. The van der Waals surface area contributed by atoms with Gasteiger partial charge in [-0.1, -0.05) is 45.3 Å². The van der Waals surface area contributed by atoms with E-state index in [1.807, 2.05) is 0 Å². The lowest BCUT2D eigenvalue weighted by Gasteiger charge is -2.39. The standard InChI is InChI=1S/C13H26N2S/c1-3-11-7-5-6-8-12(11)15(4-2)10-9-13(14)16/h11-12H,3-10H2,1-2H3,(H2,14,16). The zero-order chi connectivity index (χ0) is 12.0. The number of nitrogens with two attached hydrogens (primary N) is 1. The molecule has 0 radical (unpaired) electrons. The van der Waals surface area contributed by atoms with Crippen molar-refractivity contribution in [3.63, 3.8) is 0 Å². The maximum absolute atomic E-state index is 5.60. The monoisotopic (exact) mass is 242 g/mol. The van der Waals surface area contributed by atoms with Crippen molar-refractivity contribution in [1.29, 1.82) is 0 Å². The highest BCUT2D eigenvalue weighted by molar-refractivity contribution is 7.80. The number of thiocarbonyl (C=S) groups is 1. The first-order chi connectivity index (χ1) is 7.69. The molecule has 2 atom stereocenters. The molecule has 1 aliphatic carbocycles. The third-order valence-corrected chi connectivity index (χ3v) is 4.12. The molecule has 2 unspecified atom stereocenters. The van der Waals surface area contributed by atoms with Gasteiger partial charge in [0, 0.05) is 19.0 Å². The van der Waals surface area contributed by atoms with E-state index in [0.29, 0.717) is 4.99 Å². The molecular weight excluding hydrogens is 216 g/mol. The number of nitrogens with zero attached hydrogens (tertiary/aromatic N) is 1. The van der Waals surface area contributed by atoms with Gasteiger partial charge < -0.3 is 5.73 Å². The number of hydrogen-bond donors (Lipinski definition) is 1. The molecule has 0 saturated heterocycles. The second-order valence-electron chi connectivity index (χ2n) is 4.87. The Morgan fingerprint density at radius 3 is 2.56 bits per heavy atom. The van der Waals surface area contributed by atoms with Crippen LogP contribution in [0.3, 0.4) is 0 Å². The maximum atomic E-state index is 5.60. The lowest BCUT2D eigenvalue weighted by Crippen LogP contribution is -2.43. The van der Waals surface area contributed by atoms with Crippen LogP contribution in [0, 0.1) is 5.92 Å². The van der Waals surface area contributed by atoms with Gasteiger partial charge in [0.25, 0.3) is 0 Å². The molecule has 0 aromatic heterocycles. The van der Waals surface area contributed by atoms with Crippen LogP contribution in [0.2, 0.25) is 0 Å². The molecule has 3 heteroatoms. The summed E-state index contributed by atoms with van der Waals surface area (Å²) in [5.41, 5.74) is 5.60. The molecule has 0 bridgehead atoms. The topological polar surface area (TPSA) is 29.3 Å². The quantitative estimate of drug-likeness (QED) is 0.726. The van der Waals surface area contributed by atoms with E-state index in [1.165, 1.54) is 32.1 Å². The minimum atomic E-state index is 0.655. The Hall–Kier alpha value is -0.150. The van der Waals surface area contributed by atoms with E-state index >= 15 is 0 Å². The summed E-state index contributed by atoms with van der Waals surface area (Å²) in [6.45, 7) is 6.75. The third kappa shape index (κ3) is 4.02. The van der Waals surface area contributed by atoms with Crippen LogP contribution in [0.1, 0.15) is 52.4 Å². The van der Waals surface area contributed by atoms with Crippen molar-refractivity contribution in [3.8, 4) is 0 Å². The van der Waals surface area contributed by atoms with Crippen molar-refractivity contribution in [2.45, 2.75) is 58.4 Å². The van der Waals surface area contributed by atoms with Gasteiger partial charge in [-0.3, -0.25) is 4.90 Å². The Morgan fingerprint density at radius 2 is 2.00 bits per heavy atom. The van der Waals surface area contributed by atoms with Gasteiger partial charge in [-0.05, 0) is 25.3 Å². The van der Waals surface area contributed by atoms with Crippen LogP contribution < -0.4 is 5.73 Å². The predicted octanol–water partition coefficient (Wildman–Crippen LogP) is 2.95. The van der Waals surface area contributed by atoms with Crippen LogP contribution in [-0.4, -0.2) is 29.0 Å². The van der Waals surface area contributed by atoms with E-state index in [0.717, 1.165) is 31.5 Å². The molecule has 0 aromatic carbocycles. The second kappa shape index (κ2) is 7.23. The van der Waals surface area contributed by atoms with Gasteiger partial charge in [0.05, 0.1) is 4.99 Å². The summed E-state index contributed by atoms with van der Waals surface area (Å²) in [6, 6.07) is 0.776. The second-order valence-corrected chi connectivity index (χ2v) is 5.39. The van der Waals surface area contributed by atoms with Crippen LogP contribution in [0.5, 0.6) is 0 Å². The zero-order valence-corrected chi connectivity index (χ0v) is 11.6. The van der Waals surface area contributed by atoms with Gasteiger partial charge in [-0.25, -0.2) is 0 Å². The third-order valence-electron chi connectivity index (χ3n) is 3.91. The lowest BCUT2D eigenvalue weighted by atomic mass is 9.82. The van der Waals surface area contributed by atoms with E-state index in [9.17, 15) is 0 Å². The van der Waals surface area contributed by atoms with Gasteiger partial charge in [0.2, 0.25) is 0 Å². The normalized spacial score (nSPS) is 25.9. The van der Waals surface area contributed by atoms with E-state index in [-0.39, 0.29) is 0 Å². The lowest BCUT2D eigenvalue weighted by molar-refractivity contribution is 0.109.